The van der Waals surface area contributed by atoms with E-state index in [-0.39, 0.29) is 17.9 Å². The molecule has 1 atom stereocenters. The van der Waals surface area contributed by atoms with E-state index in [1.165, 1.54) is 21.8 Å². The fourth-order valence-corrected chi connectivity index (χ4v) is 5.48. The maximum absolute atomic E-state index is 13.1. The molecule has 1 aliphatic carbocycles. The van der Waals surface area contributed by atoms with E-state index in [9.17, 15) is 9.59 Å². The van der Waals surface area contributed by atoms with Gasteiger partial charge >= 0.3 is 0 Å². The van der Waals surface area contributed by atoms with Gasteiger partial charge in [-0.3, -0.25) is 9.59 Å². The zero-order chi connectivity index (χ0) is 22.5. The van der Waals surface area contributed by atoms with Crippen molar-refractivity contribution in [3.63, 3.8) is 0 Å². The van der Waals surface area contributed by atoms with Gasteiger partial charge in [-0.25, -0.2) is 0 Å². The van der Waals surface area contributed by atoms with Gasteiger partial charge in [0.05, 0.1) is 5.56 Å². The second-order valence-electron chi connectivity index (χ2n) is 7.91. The minimum atomic E-state index is -0.169. The van der Waals surface area contributed by atoms with Crippen molar-refractivity contribution >= 4 is 49.8 Å². The van der Waals surface area contributed by atoms with Gasteiger partial charge in [0.1, 0.15) is 5.00 Å². The van der Waals surface area contributed by atoms with Gasteiger partial charge in [0.15, 0.2) is 0 Å². The summed E-state index contributed by atoms with van der Waals surface area (Å²) < 4.78 is 0.954. The van der Waals surface area contributed by atoms with Crippen molar-refractivity contribution in [2.24, 2.45) is 0 Å². The van der Waals surface area contributed by atoms with Crippen LogP contribution in [0.5, 0.6) is 0 Å². The van der Waals surface area contributed by atoms with Gasteiger partial charge in [-0.15, -0.1) is 11.3 Å². The number of nitrogens with one attached hydrogen (secondary N) is 3. The van der Waals surface area contributed by atoms with Crippen molar-refractivity contribution in [2.75, 3.05) is 17.2 Å². The zero-order valence-corrected chi connectivity index (χ0v) is 20.3. The Morgan fingerprint density at radius 2 is 1.78 bits per heavy atom. The van der Waals surface area contributed by atoms with Crippen LogP contribution in [0.4, 0.5) is 10.7 Å². The summed E-state index contributed by atoms with van der Waals surface area (Å²) in [4.78, 5) is 27.0. The molecule has 2 amide bonds. The summed E-state index contributed by atoms with van der Waals surface area (Å²) in [5.41, 5.74) is 3.61. The number of thiophene rings is 1. The Bertz CT molecular complexity index is 1100. The van der Waals surface area contributed by atoms with Crippen LogP contribution >= 0.6 is 27.3 Å². The van der Waals surface area contributed by atoms with Crippen LogP contribution in [0.15, 0.2) is 59.1 Å². The summed E-state index contributed by atoms with van der Waals surface area (Å²) in [5.74, 6) is -0.256. The third kappa shape index (κ3) is 5.46. The normalized spacial score (nSPS) is 13.4. The van der Waals surface area contributed by atoms with Gasteiger partial charge in [-0.1, -0.05) is 46.3 Å². The molecule has 3 aromatic rings. The number of fused-ring (bicyclic) bond motifs is 1. The topological polar surface area (TPSA) is 70.2 Å². The molecule has 1 aliphatic rings. The Hall–Kier alpha value is -2.48. The van der Waals surface area contributed by atoms with Crippen LogP contribution < -0.4 is 16.0 Å². The highest BCUT2D eigenvalue weighted by molar-refractivity contribution is 9.10. The molecule has 0 saturated heterocycles. The molecule has 5 nitrogen and oxygen atoms in total. The zero-order valence-electron chi connectivity index (χ0n) is 17.9. The molecular weight excluding hydrogens is 486 g/mol. The average molecular weight is 512 g/mol. The Morgan fingerprint density at radius 1 is 1.03 bits per heavy atom. The van der Waals surface area contributed by atoms with Crippen LogP contribution in [0.2, 0.25) is 0 Å². The first-order valence-electron chi connectivity index (χ1n) is 10.8. The highest BCUT2D eigenvalue weighted by atomic mass is 79.9. The average Bonchev–Trinajstić information content (AvgIpc) is 3.36. The van der Waals surface area contributed by atoms with Gasteiger partial charge < -0.3 is 16.0 Å². The number of carbonyl (C=O) groups is 2. The molecule has 3 N–H and O–H groups in total. The minimum absolute atomic E-state index is 0.0876. The highest BCUT2D eigenvalue weighted by Crippen LogP contribution is 2.39. The molecule has 32 heavy (non-hydrogen) atoms. The maximum atomic E-state index is 13.1. The molecule has 0 bridgehead atoms. The lowest BCUT2D eigenvalue weighted by Gasteiger charge is -2.14. The fraction of sp³-hybridized carbons (Fsp3) is 0.280. The first-order chi connectivity index (χ1) is 15.5. The number of hydrogen-bond acceptors (Lipinski definition) is 4. The smallest absolute Gasteiger partial charge is 0.258 e. The van der Waals surface area contributed by atoms with Gasteiger partial charge in [-0.05, 0) is 61.6 Å². The number of halogens is 1. The number of rotatable bonds is 8. The van der Waals surface area contributed by atoms with Crippen molar-refractivity contribution in [3.8, 4) is 0 Å². The van der Waals surface area contributed by atoms with Gasteiger partial charge in [0, 0.05) is 34.0 Å². The second kappa shape index (κ2) is 10.4. The molecule has 0 spiro atoms. The van der Waals surface area contributed by atoms with Crippen molar-refractivity contribution in [3.05, 3.63) is 80.6 Å². The standard InChI is InChI=1S/C25H26BrN3O2S/c1-16(17-6-3-2-4-7-17)27-15-14-22(30)29-25-23(20-8-5-9-21(20)32-25)24(31)28-19-12-10-18(26)11-13-19/h2-4,6-7,10-13,16,27H,5,8-9,14-15H2,1H3,(H,28,31)(H,29,30)/t16-/m0/s1. The van der Waals surface area contributed by atoms with Crippen LogP contribution in [-0.4, -0.2) is 18.4 Å². The summed E-state index contributed by atoms with van der Waals surface area (Å²) in [6, 6.07) is 17.8. The largest absolute Gasteiger partial charge is 0.322 e. The first-order valence-corrected chi connectivity index (χ1v) is 12.4. The molecule has 2 aromatic carbocycles. The fourth-order valence-electron chi connectivity index (χ4n) is 3.91. The number of hydrogen-bond donors (Lipinski definition) is 3. The number of amides is 2. The van der Waals surface area contributed by atoms with E-state index in [0.29, 0.717) is 23.5 Å². The molecule has 0 saturated carbocycles. The monoisotopic (exact) mass is 511 g/mol. The third-order valence-electron chi connectivity index (χ3n) is 5.61. The first kappa shape index (κ1) is 22.7. The molecule has 4 rings (SSSR count). The molecule has 0 unspecified atom stereocenters. The van der Waals surface area contributed by atoms with Crippen molar-refractivity contribution in [1.82, 2.24) is 5.32 Å². The molecule has 166 valence electrons. The highest BCUT2D eigenvalue weighted by Gasteiger charge is 2.27. The Morgan fingerprint density at radius 3 is 2.53 bits per heavy atom. The van der Waals surface area contributed by atoms with Crippen molar-refractivity contribution < 1.29 is 9.59 Å². The lowest BCUT2D eigenvalue weighted by Crippen LogP contribution is -2.25. The van der Waals surface area contributed by atoms with Gasteiger partial charge in [-0.2, -0.15) is 0 Å². The summed E-state index contributed by atoms with van der Waals surface area (Å²) >= 11 is 4.94. The predicted molar refractivity (Wildman–Crippen MR) is 135 cm³/mol. The molecule has 1 heterocycles. The second-order valence-corrected chi connectivity index (χ2v) is 9.93. The van der Waals surface area contributed by atoms with E-state index in [2.05, 4.69) is 50.9 Å². The molecule has 0 aliphatic heterocycles. The van der Waals surface area contributed by atoms with Crippen LogP contribution in [0.1, 0.15) is 52.2 Å². The maximum Gasteiger partial charge on any atom is 0.258 e. The van der Waals surface area contributed by atoms with E-state index in [1.807, 2.05) is 42.5 Å². The summed E-state index contributed by atoms with van der Waals surface area (Å²) in [7, 11) is 0. The quantitative estimate of drug-likeness (QED) is 0.350. The molecule has 0 radical (unpaired) electrons. The van der Waals surface area contributed by atoms with Crippen molar-refractivity contribution in [2.45, 2.75) is 38.6 Å². The summed E-state index contributed by atoms with van der Waals surface area (Å²) in [5, 5.41) is 10.0. The van der Waals surface area contributed by atoms with E-state index in [4.69, 9.17) is 0 Å². The van der Waals surface area contributed by atoms with Gasteiger partial charge in [0.2, 0.25) is 5.91 Å². The van der Waals surface area contributed by atoms with Crippen molar-refractivity contribution in [1.29, 1.82) is 0 Å². The summed E-state index contributed by atoms with van der Waals surface area (Å²) in [6.07, 6.45) is 3.23. The molecule has 1 aromatic heterocycles. The third-order valence-corrected chi connectivity index (χ3v) is 7.34. The van der Waals surface area contributed by atoms with E-state index in [0.717, 1.165) is 35.0 Å². The Balaban J connectivity index is 1.39. The Kier molecular flexibility index (Phi) is 7.40. The minimum Gasteiger partial charge on any atom is -0.322 e. The van der Waals surface area contributed by atoms with Crippen LogP contribution in [0, 0.1) is 0 Å². The van der Waals surface area contributed by atoms with E-state index < -0.39 is 0 Å². The van der Waals surface area contributed by atoms with E-state index >= 15 is 0 Å². The molecule has 7 heteroatoms. The Labute approximate surface area is 200 Å². The van der Waals surface area contributed by atoms with Gasteiger partial charge in [0.25, 0.3) is 5.91 Å². The molecule has 0 fully saturated rings. The van der Waals surface area contributed by atoms with E-state index in [1.54, 1.807) is 0 Å². The van der Waals surface area contributed by atoms with Crippen LogP contribution in [0.25, 0.3) is 0 Å². The SMILES string of the molecule is C[C@H](NCCC(=O)Nc1sc2c(c1C(=O)Nc1ccc(Br)cc1)CCC2)c1ccccc1. The van der Waals surface area contributed by atoms with Crippen LogP contribution in [-0.2, 0) is 17.6 Å². The lowest BCUT2D eigenvalue weighted by atomic mass is 10.1. The lowest BCUT2D eigenvalue weighted by molar-refractivity contribution is -0.116. The number of carbonyl (C=O) groups excluding carboxylic acids is 2. The summed E-state index contributed by atoms with van der Waals surface area (Å²) in [6.45, 7) is 2.65. The number of benzene rings is 2. The molecular formula is C25H26BrN3O2S. The number of aryl methyl sites for hydroxylation is 1. The number of anilines is 2. The predicted octanol–water partition coefficient (Wildman–Crippen LogP) is 5.93. The van der Waals surface area contributed by atoms with Crippen LogP contribution in [0.3, 0.4) is 0 Å².